The van der Waals surface area contributed by atoms with Gasteiger partial charge in [-0.05, 0) is 53.2 Å². The fourth-order valence-electron chi connectivity index (χ4n) is 3.11. The van der Waals surface area contributed by atoms with Crippen molar-refractivity contribution in [1.82, 2.24) is 30.2 Å². The van der Waals surface area contributed by atoms with Crippen molar-refractivity contribution >= 4 is 23.2 Å². The van der Waals surface area contributed by atoms with Crippen LogP contribution in [0.3, 0.4) is 0 Å². The van der Waals surface area contributed by atoms with E-state index in [1.807, 2.05) is 13.0 Å². The van der Waals surface area contributed by atoms with Gasteiger partial charge in [0.2, 0.25) is 5.95 Å². The van der Waals surface area contributed by atoms with Crippen molar-refractivity contribution in [3.05, 3.63) is 65.7 Å². The number of anilines is 2. The van der Waals surface area contributed by atoms with Crippen LogP contribution in [0.4, 0.5) is 11.6 Å². The van der Waals surface area contributed by atoms with E-state index in [1.165, 1.54) is 6.33 Å². The zero-order valence-corrected chi connectivity index (χ0v) is 18.6. The van der Waals surface area contributed by atoms with Crippen LogP contribution in [0.5, 0.6) is 11.5 Å². The van der Waals surface area contributed by atoms with E-state index >= 15 is 0 Å². The molecular weight excluding hydrogens is 444 g/mol. The number of methoxy groups -OCH3 is 1. The summed E-state index contributed by atoms with van der Waals surface area (Å²) in [5.41, 5.74) is 2.66. The zero-order valence-electron chi connectivity index (χ0n) is 17.8. The highest BCUT2D eigenvalue weighted by Crippen LogP contribution is 2.31. The van der Waals surface area contributed by atoms with E-state index < -0.39 is 0 Å². The van der Waals surface area contributed by atoms with Crippen LogP contribution in [0.15, 0.2) is 55.1 Å². The fraction of sp³-hybridized carbons (Fsp3) is 0.182. The molecule has 1 atom stereocenters. The van der Waals surface area contributed by atoms with Gasteiger partial charge in [-0.3, -0.25) is 0 Å². The van der Waals surface area contributed by atoms with Gasteiger partial charge in [-0.2, -0.15) is 5.26 Å². The summed E-state index contributed by atoms with van der Waals surface area (Å²) in [4.78, 5) is 8.77. The van der Waals surface area contributed by atoms with Crippen LogP contribution in [-0.4, -0.2) is 43.4 Å². The Hall–Kier alpha value is -4.23. The Kier molecular flexibility index (Phi) is 6.61. The van der Waals surface area contributed by atoms with Gasteiger partial charge >= 0.3 is 0 Å². The smallest absolute Gasteiger partial charge is 0.227 e. The molecule has 1 N–H and O–H groups in total. The van der Waals surface area contributed by atoms with Gasteiger partial charge in [0, 0.05) is 23.0 Å². The second-order valence-corrected chi connectivity index (χ2v) is 7.48. The van der Waals surface area contributed by atoms with Crippen LogP contribution in [0.1, 0.15) is 12.5 Å². The maximum Gasteiger partial charge on any atom is 0.227 e. The van der Waals surface area contributed by atoms with Crippen LogP contribution in [-0.2, 0) is 6.54 Å². The van der Waals surface area contributed by atoms with Crippen LogP contribution in [0.25, 0.3) is 11.1 Å². The van der Waals surface area contributed by atoms with Gasteiger partial charge in [0.25, 0.3) is 0 Å². The molecule has 0 amide bonds. The largest absolute Gasteiger partial charge is 0.495 e. The monoisotopic (exact) mass is 462 g/mol. The molecule has 0 aliphatic rings. The molecule has 11 heteroatoms. The maximum atomic E-state index is 9.47. The van der Waals surface area contributed by atoms with E-state index in [1.54, 1.807) is 54.5 Å². The molecule has 33 heavy (non-hydrogen) atoms. The molecule has 0 radical (unpaired) electrons. The highest BCUT2D eigenvalue weighted by atomic mass is 35.5. The summed E-state index contributed by atoms with van der Waals surface area (Å²) in [6, 6.07) is 12.7. The average Bonchev–Trinajstić information content (AvgIpc) is 3.32. The predicted octanol–water partition coefficient (Wildman–Crippen LogP) is 3.87. The van der Waals surface area contributed by atoms with Crippen molar-refractivity contribution in [2.75, 3.05) is 12.4 Å². The normalized spacial score (nSPS) is 11.5. The van der Waals surface area contributed by atoms with E-state index in [0.29, 0.717) is 40.3 Å². The minimum Gasteiger partial charge on any atom is -0.495 e. The van der Waals surface area contributed by atoms with Gasteiger partial charge < -0.3 is 14.8 Å². The molecule has 2 aromatic carbocycles. The van der Waals surface area contributed by atoms with Crippen LogP contribution in [0, 0.1) is 11.3 Å². The first-order valence-electron chi connectivity index (χ1n) is 9.90. The van der Waals surface area contributed by atoms with Gasteiger partial charge in [-0.15, -0.1) is 5.10 Å². The number of hydrogen-bond acceptors (Lipinski definition) is 9. The molecule has 0 saturated carbocycles. The summed E-state index contributed by atoms with van der Waals surface area (Å²) in [5.74, 6) is 1.47. The molecule has 2 heterocycles. The Morgan fingerprint density at radius 1 is 1.12 bits per heavy atom. The van der Waals surface area contributed by atoms with E-state index in [0.717, 1.165) is 11.1 Å². The van der Waals surface area contributed by atoms with Gasteiger partial charge in [0.05, 0.1) is 24.9 Å². The van der Waals surface area contributed by atoms with Crippen LogP contribution in [0.2, 0.25) is 5.02 Å². The van der Waals surface area contributed by atoms with Crippen molar-refractivity contribution in [3.63, 3.8) is 0 Å². The Labute approximate surface area is 194 Å². The zero-order chi connectivity index (χ0) is 23.2. The number of nitrogens with zero attached hydrogens (tertiary/aromatic N) is 7. The Bertz CT molecular complexity index is 1270. The molecular formula is C22H19ClN8O2. The third-order valence-corrected chi connectivity index (χ3v) is 4.89. The Balaban J connectivity index is 1.52. The molecule has 0 spiro atoms. The molecule has 0 aliphatic heterocycles. The lowest BCUT2D eigenvalue weighted by atomic mass is 10.1. The molecule has 0 saturated heterocycles. The molecule has 10 nitrogen and oxygen atoms in total. The number of halogens is 1. The highest BCUT2D eigenvalue weighted by Gasteiger charge is 2.13. The summed E-state index contributed by atoms with van der Waals surface area (Å²) in [7, 11) is 1.58. The molecule has 4 rings (SSSR count). The lowest BCUT2D eigenvalue weighted by molar-refractivity contribution is 0.192. The standard InChI is InChI=1S/C22H19ClN8O2/c1-14(12-31-13-27-29-30-31)33-21-7-15(3-4-16(21)9-24)17-10-25-22(26-11-17)28-19-8-18(23)5-6-20(19)32-2/h3-8,10-11,13-14H,12H2,1-2H3,(H,25,26,28)/t14-/m0/s1. The van der Waals surface area contributed by atoms with Crippen molar-refractivity contribution in [2.24, 2.45) is 0 Å². The maximum absolute atomic E-state index is 9.47. The summed E-state index contributed by atoms with van der Waals surface area (Å²) in [6.07, 6.45) is 4.61. The minimum absolute atomic E-state index is 0.258. The Morgan fingerprint density at radius 2 is 1.94 bits per heavy atom. The minimum atomic E-state index is -0.258. The van der Waals surface area contributed by atoms with Crippen LogP contribution >= 0.6 is 11.6 Å². The van der Waals surface area contributed by atoms with E-state index in [2.05, 4.69) is 36.9 Å². The number of tetrazole rings is 1. The number of aromatic nitrogens is 6. The third-order valence-electron chi connectivity index (χ3n) is 4.66. The van der Waals surface area contributed by atoms with E-state index in [4.69, 9.17) is 21.1 Å². The van der Waals surface area contributed by atoms with Gasteiger partial charge in [0.1, 0.15) is 30.0 Å². The molecule has 0 unspecified atom stereocenters. The summed E-state index contributed by atoms with van der Waals surface area (Å²) in [5, 5.41) is 24.2. The molecule has 4 aromatic rings. The molecule has 2 aromatic heterocycles. The van der Waals surface area contributed by atoms with Crippen LogP contribution < -0.4 is 14.8 Å². The number of ether oxygens (including phenoxy) is 2. The topological polar surface area (TPSA) is 124 Å². The number of hydrogen-bond donors (Lipinski definition) is 1. The first-order valence-corrected chi connectivity index (χ1v) is 10.3. The second kappa shape index (κ2) is 9.93. The molecule has 0 fully saturated rings. The highest BCUT2D eigenvalue weighted by molar-refractivity contribution is 6.31. The van der Waals surface area contributed by atoms with E-state index in [9.17, 15) is 5.26 Å². The summed E-state index contributed by atoms with van der Waals surface area (Å²) < 4.78 is 12.9. The molecule has 0 bridgehead atoms. The first-order chi connectivity index (χ1) is 16.1. The SMILES string of the molecule is COc1ccc(Cl)cc1Nc1ncc(-c2ccc(C#N)c(O[C@@H](C)Cn3cnnn3)c2)cn1. The second-order valence-electron chi connectivity index (χ2n) is 7.05. The number of nitriles is 1. The number of nitrogens with one attached hydrogen (secondary N) is 1. The summed E-state index contributed by atoms with van der Waals surface area (Å²) in [6.45, 7) is 2.32. The van der Waals surface area contributed by atoms with Gasteiger partial charge in [0.15, 0.2) is 0 Å². The predicted molar refractivity (Wildman–Crippen MR) is 121 cm³/mol. The van der Waals surface area contributed by atoms with Gasteiger partial charge in [-0.1, -0.05) is 17.7 Å². The summed E-state index contributed by atoms with van der Waals surface area (Å²) >= 11 is 6.08. The number of rotatable bonds is 8. The number of benzene rings is 2. The lowest BCUT2D eigenvalue weighted by Crippen LogP contribution is -2.20. The van der Waals surface area contributed by atoms with Gasteiger partial charge in [-0.25, -0.2) is 14.6 Å². The third kappa shape index (κ3) is 5.34. The first kappa shape index (κ1) is 22.0. The van der Waals surface area contributed by atoms with E-state index in [-0.39, 0.29) is 6.10 Å². The van der Waals surface area contributed by atoms with Crippen molar-refractivity contribution in [2.45, 2.75) is 19.6 Å². The molecule has 166 valence electrons. The van der Waals surface area contributed by atoms with Crippen molar-refractivity contribution in [1.29, 1.82) is 5.26 Å². The Morgan fingerprint density at radius 3 is 2.64 bits per heavy atom. The molecule has 0 aliphatic carbocycles. The lowest BCUT2D eigenvalue weighted by Gasteiger charge is -2.16. The average molecular weight is 463 g/mol. The van der Waals surface area contributed by atoms with Crippen molar-refractivity contribution < 1.29 is 9.47 Å². The fourth-order valence-corrected chi connectivity index (χ4v) is 3.29. The quantitative estimate of drug-likeness (QED) is 0.415. The van der Waals surface area contributed by atoms with Crippen molar-refractivity contribution in [3.8, 4) is 28.7 Å².